The molecule has 1 saturated carbocycles. The normalized spacial score (nSPS) is 21.2. The first-order valence-electron chi connectivity index (χ1n) is 8.15. The quantitative estimate of drug-likeness (QED) is 0.841. The van der Waals surface area contributed by atoms with Crippen LogP contribution in [0.25, 0.3) is 0 Å². The first kappa shape index (κ1) is 13.8. The molecule has 0 bridgehead atoms. The highest BCUT2D eigenvalue weighted by atomic mass is 16.1. The van der Waals surface area contributed by atoms with E-state index in [2.05, 4.69) is 29.2 Å². The third-order valence-electron chi connectivity index (χ3n) is 4.95. The number of Topliss-reactive ketones (excluding diaryl/α,β-unsaturated/α-hetero) is 1. The van der Waals surface area contributed by atoms with Gasteiger partial charge in [-0.05, 0) is 36.8 Å². The van der Waals surface area contributed by atoms with Gasteiger partial charge in [-0.15, -0.1) is 0 Å². The lowest BCUT2D eigenvalue weighted by atomic mass is 9.86. The minimum Gasteiger partial charge on any atom is -0.298 e. The van der Waals surface area contributed by atoms with Gasteiger partial charge in [0, 0.05) is 19.0 Å². The van der Waals surface area contributed by atoms with E-state index in [1.54, 1.807) is 0 Å². The molecule has 0 aromatic heterocycles. The molecule has 1 aliphatic heterocycles. The van der Waals surface area contributed by atoms with Gasteiger partial charge in [0.15, 0.2) is 0 Å². The molecule has 1 fully saturated rings. The molecule has 3 rings (SSSR count). The molecule has 0 radical (unpaired) electrons. The molecule has 2 nitrogen and oxygen atoms in total. The predicted molar refractivity (Wildman–Crippen MR) is 81.9 cm³/mol. The molecule has 2 heteroatoms. The van der Waals surface area contributed by atoms with Gasteiger partial charge in [0.1, 0.15) is 5.78 Å². The monoisotopic (exact) mass is 271 g/mol. The third-order valence-corrected chi connectivity index (χ3v) is 4.95. The van der Waals surface area contributed by atoms with Gasteiger partial charge in [0.05, 0.1) is 6.54 Å². The van der Waals surface area contributed by atoms with E-state index in [9.17, 15) is 4.79 Å². The van der Waals surface area contributed by atoms with Gasteiger partial charge < -0.3 is 0 Å². The molecular weight excluding hydrogens is 246 g/mol. The highest BCUT2D eigenvalue weighted by Gasteiger charge is 2.23. The zero-order valence-corrected chi connectivity index (χ0v) is 12.3. The first-order valence-corrected chi connectivity index (χ1v) is 8.15. The number of benzene rings is 1. The summed E-state index contributed by atoms with van der Waals surface area (Å²) in [5.41, 5.74) is 2.94. The summed E-state index contributed by atoms with van der Waals surface area (Å²) < 4.78 is 0. The maximum absolute atomic E-state index is 12.4. The molecule has 20 heavy (non-hydrogen) atoms. The number of carbonyl (C=O) groups excluding carboxylic acids is 1. The van der Waals surface area contributed by atoms with Crippen molar-refractivity contribution >= 4 is 5.78 Å². The molecule has 2 aliphatic rings. The molecule has 1 aromatic rings. The summed E-state index contributed by atoms with van der Waals surface area (Å²) in [6.45, 7) is 2.75. The topological polar surface area (TPSA) is 20.3 Å². The van der Waals surface area contributed by atoms with Gasteiger partial charge in [-0.2, -0.15) is 0 Å². The van der Waals surface area contributed by atoms with E-state index in [0.717, 1.165) is 38.8 Å². The Balaban J connectivity index is 1.56. The van der Waals surface area contributed by atoms with E-state index >= 15 is 0 Å². The molecule has 0 atom stereocenters. The molecule has 0 spiro atoms. The van der Waals surface area contributed by atoms with E-state index in [4.69, 9.17) is 0 Å². The molecule has 0 amide bonds. The summed E-state index contributed by atoms with van der Waals surface area (Å²) in [5, 5.41) is 0. The van der Waals surface area contributed by atoms with Crippen molar-refractivity contribution in [3.05, 3.63) is 35.4 Å². The Hall–Kier alpha value is -1.15. The number of carbonyl (C=O) groups is 1. The fourth-order valence-corrected chi connectivity index (χ4v) is 3.65. The lowest BCUT2D eigenvalue weighted by Crippen LogP contribution is -2.35. The average Bonchev–Trinajstić information content (AvgIpc) is 2.71. The fourth-order valence-electron chi connectivity index (χ4n) is 3.65. The molecular formula is C18H25NO. The second-order valence-corrected chi connectivity index (χ2v) is 6.35. The van der Waals surface area contributed by atoms with Gasteiger partial charge in [-0.1, -0.05) is 43.5 Å². The van der Waals surface area contributed by atoms with Crippen LogP contribution in [0.1, 0.15) is 43.2 Å². The Morgan fingerprint density at radius 3 is 2.20 bits per heavy atom. The van der Waals surface area contributed by atoms with Crippen molar-refractivity contribution in [1.82, 2.24) is 4.90 Å². The van der Waals surface area contributed by atoms with Crippen molar-refractivity contribution in [2.75, 3.05) is 19.6 Å². The number of nitrogens with zero attached hydrogens (tertiary/aromatic N) is 1. The van der Waals surface area contributed by atoms with Gasteiger partial charge >= 0.3 is 0 Å². The number of hydrogen-bond acceptors (Lipinski definition) is 2. The summed E-state index contributed by atoms with van der Waals surface area (Å²) in [5.74, 6) is 0.852. The van der Waals surface area contributed by atoms with Crippen LogP contribution in [-0.4, -0.2) is 30.3 Å². The van der Waals surface area contributed by atoms with Crippen molar-refractivity contribution in [3.63, 3.8) is 0 Å². The Labute approximate surface area is 122 Å². The zero-order chi connectivity index (χ0) is 13.8. The second-order valence-electron chi connectivity index (χ2n) is 6.35. The summed E-state index contributed by atoms with van der Waals surface area (Å²) in [4.78, 5) is 14.8. The van der Waals surface area contributed by atoms with Crippen molar-refractivity contribution in [2.24, 2.45) is 5.92 Å². The Morgan fingerprint density at radius 2 is 1.60 bits per heavy atom. The zero-order valence-electron chi connectivity index (χ0n) is 12.3. The van der Waals surface area contributed by atoms with Crippen LogP contribution >= 0.6 is 0 Å². The summed E-state index contributed by atoms with van der Waals surface area (Å²) in [7, 11) is 0. The summed E-state index contributed by atoms with van der Waals surface area (Å²) in [6.07, 6.45) is 8.27. The van der Waals surface area contributed by atoms with Gasteiger partial charge in [-0.25, -0.2) is 0 Å². The number of hydrogen-bond donors (Lipinski definition) is 0. The number of rotatable bonds is 3. The van der Waals surface area contributed by atoms with Crippen molar-refractivity contribution in [3.8, 4) is 0 Å². The molecule has 108 valence electrons. The number of fused-ring (bicyclic) bond motifs is 1. The maximum atomic E-state index is 12.4. The second kappa shape index (κ2) is 6.53. The van der Waals surface area contributed by atoms with Crippen LogP contribution in [0.15, 0.2) is 24.3 Å². The lowest BCUT2D eigenvalue weighted by Gasteiger charge is -2.25. The van der Waals surface area contributed by atoms with Crippen LogP contribution in [0.4, 0.5) is 0 Å². The standard InChI is InChI=1S/C18H25NO/c20-18(17-8-2-1-3-9-17)14-19-12-10-15-6-4-5-7-16(15)11-13-19/h4-7,17H,1-3,8-14H2. The smallest absolute Gasteiger partial charge is 0.149 e. The van der Waals surface area contributed by atoms with Crippen molar-refractivity contribution in [2.45, 2.75) is 44.9 Å². The average molecular weight is 271 g/mol. The highest BCUT2D eigenvalue weighted by molar-refractivity contribution is 5.83. The lowest BCUT2D eigenvalue weighted by molar-refractivity contribution is -0.124. The van der Waals surface area contributed by atoms with Crippen LogP contribution < -0.4 is 0 Å². The SMILES string of the molecule is O=C(CN1CCc2ccccc2CC1)C1CCCCC1. The van der Waals surface area contributed by atoms with Crippen LogP contribution in [0.2, 0.25) is 0 Å². The Bertz CT molecular complexity index is 435. The van der Waals surface area contributed by atoms with E-state index in [1.807, 2.05) is 0 Å². The molecule has 1 heterocycles. The maximum Gasteiger partial charge on any atom is 0.149 e. The first-order chi connectivity index (χ1) is 9.83. The molecule has 1 aliphatic carbocycles. The minimum absolute atomic E-state index is 0.356. The highest BCUT2D eigenvalue weighted by Crippen LogP contribution is 2.25. The molecule has 0 saturated heterocycles. The van der Waals surface area contributed by atoms with Crippen LogP contribution in [0, 0.1) is 5.92 Å². The predicted octanol–water partition coefficient (Wildman–Crippen LogP) is 3.24. The van der Waals surface area contributed by atoms with E-state index in [-0.39, 0.29) is 0 Å². The largest absolute Gasteiger partial charge is 0.298 e. The molecule has 0 unspecified atom stereocenters. The van der Waals surface area contributed by atoms with E-state index < -0.39 is 0 Å². The third kappa shape index (κ3) is 3.29. The Morgan fingerprint density at radius 1 is 1.00 bits per heavy atom. The van der Waals surface area contributed by atoms with Gasteiger partial charge in [0.25, 0.3) is 0 Å². The van der Waals surface area contributed by atoms with Gasteiger partial charge in [-0.3, -0.25) is 9.69 Å². The van der Waals surface area contributed by atoms with Gasteiger partial charge in [0.2, 0.25) is 0 Å². The molecule has 0 N–H and O–H groups in total. The van der Waals surface area contributed by atoms with Crippen LogP contribution in [-0.2, 0) is 17.6 Å². The summed E-state index contributed by atoms with van der Waals surface area (Å²) in [6, 6.07) is 8.73. The number of ketones is 1. The van der Waals surface area contributed by atoms with Crippen molar-refractivity contribution in [1.29, 1.82) is 0 Å². The van der Waals surface area contributed by atoms with E-state index in [1.165, 1.54) is 30.4 Å². The Kier molecular flexibility index (Phi) is 4.51. The van der Waals surface area contributed by atoms with E-state index in [0.29, 0.717) is 18.2 Å². The minimum atomic E-state index is 0.356. The van der Waals surface area contributed by atoms with Crippen LogP contribution in [0.3, 0.4) is 0 Å². The van der Waals surface area contributed by atoms with Crippen molar-refractivity contribution < 1.29 is 4.79 Å². The summed E-state index contributed by atoms with van der Waals surface area (Å²) >= 11 is 0. The fraction of sp³-hybridized carbons (Fsp3) is 0.611. The van der Waals surface area contributed by atoms with Crippen LogP contribution in [0.5, 0.6) is 0 Å². The molecule has 1 aromatic carbocycles.